The van der Waals surface area contributed by atoms with E-state index in [1.807, 2.05) is 25.1 Å². The summed E-state index contributed by atoms with van der Waals surface area (Å²) in [6.45, 7) is 3.90. The van der Waals surface area contributed by atoms with E-state index in [2.05, 4.69) is 26.6 Å². The van der Waals surface area contributed by atoms with Crippen LogP contribution in [0.3, 0.4) is 0 Å². The molecule has 1 fully saturated rings. The molecule has 0 aliphatic carbocycles. The minimum Gasteiger partial charge on any atom is -0.377 e. The highest BCUT2D eigenvalue weighted by molar-refractivity contribution is 9.10. The molecule has 1 heterocycles. The molecule has 4 nitrogen and oxygen atoms in total. The first-order valence-electron chi connectivity index (χ1n) is 6.53. The Morgan fingerprint density at radius 2 is 2.37 bits per heavy atom. The molecule has 1 unspecified atom stereocenters. The fourth-order valence-electron chi connectivity index (χ4n) is 2.08. The van der Waals surface area contributed by atoms with Gasteiger partial charge < -0.3 is 15.4 Å². The van der Waals surface area contributed by atoms with Gasteiger partial charge in [-0.05, 0) is 43.5 Å². The van der Waals surface area contributed by atoms with E-state index >= 15 is 0 Å². The minimum atomic E-state index is -0.0280. The van der Waals surface area contributed by atoms with Crippen molar-refractivity contribution in [2.45, 2.75) is 25.9 Å². The van der Waals surface area contributed by atoms with Crippen molar-refractivity contribution in [2.24, 2.45) is 0 Å². The number of benzene rings is 1. The van der Waals surface area contributed by atoms with E-state index < -0.39 is 0 Å². The zero-order valence-corrected chi connectivity index (χ0v) is 12.6. The number of hydrogen-bond donors (Lipinski definition) is 2. The van der Waals surface area contributed by atoms with Crippen LogP contribution in [0.5, 0.6) is 0 Å². The maximum absolute atomic E-state index is 11.8. The summed E-state index contributed by atoms with van der Waals surface area (Å²) in [4.78, 5) is 11.8. The zero-order valence-electron chi connectivity index (χ0n) is 11.0. The highest BCUT2D eigenvalue weighted by Gasteiger charge is 2.15. The Bertz CT molecular complexity index is 445. The Morgan fingerprint density at radius 3 is 3.05 bits per heavy atom. The average Bonchev–Trinajstić information content (AvgIpc) is 2.87. The van der Waals surface area contributed by atoms with Gasteiger partial charge in [-0.1, -0.05) is 15.9 Å². The molecule has 0 aromatic heterocycles. The van der Waals surface area contributed by atoms with E-state index in [1.54, 1.807) is 0 Å². The largest absolute Gasteiger partial charge is 0.377 e. The first kappa shape index (κ1) is 14.5. The van der Waals surface area contributed by atoms with Crippen LogP contribution < -0.4 is 10.6 Å². The van der Waals surface area contributed by atoms with Crippen molar-refractivity contribution in [1.29, 1.82) is 0 Å². The number of amides is 1. The van der Waals surface area contributed by atoms with Crippen LogP contribution >= 0.6 is 15.9 Å². The quantitative estimate of drug-likeness (QED) is 0.873. The number of anilines is 1. The Morgan fingerprint density at radius 1 is 1.53 bits per heavy atom. The number of carbonyl (C=O) groups is 1. The molecule has 104 valence electrons. The van der Waals surface area contributed by atoms with E-state index in [0.29, 0.717) is 6.54 Å². The second-order valence-electron chi connectivity index (χ2n) is 4.78. The number of carbonyl (C=O) groups excluding carboxylic acids is 1. The van der Waals surface area contributed by atoms with Crippen LogP contribution in [0.15, 0.2) is 22.7 Å². The van der Waals surface area contributed by atoms with Gasteiger partial charge in [0.25, 0.3) is 0 Å². The predicted molar refractivity (Wildman–Crippen MR) is 79.4 cm³/mol. The summed E-state index contributed by atoms with van der Waals surface area (Å²) < 4.78 is 6.53. The smallest absolute Gasteiger partial charge is 0.238 e. The topological polar surface area (TPSA) is 50.4 Å². The Labute approximate surface area is 122 Å². The van der Waals surface area contributed by atoms with Crippen LogP contribution in [0.4, 0.5) is 5.69 Å². The third-order valence-corrected chi connectivity index (χ3v) is 4.01. The molecule has 1 atom stereocenters. The van der Waals surface area contributed by atoms with Gasteiger partial charge in [0.2, 0.25) is 5.91 Å². The van der Waals surface area contributed by atoms with Gasteiger partial charge in [-0.3, -0.25) is 4.79 Å². The Balaban J connectivity index is 1.72. The summed E-state index contributed by atoms with van der Waals surface area (Å²) in [5, 5.41) is 6.00. The first-order valence-corrected chi connectivity index (χ1v) is 7.33. The average molecular weight is 327 g/mol. The molecule has 0 spiro atoms. The molecule has 1 amide bonds. The molecular weight excluding hydrogens is 308 g/mol. The van der Waals surface area contributed by atoms with Gasteiger partial charge in [0.1, 0.15) is 0 Å². The van der Waals surface area contributed by atoms with Crippen LogP contribution in [0.1, 0.15) is 18.4 Å². The van der Waals surface area contributed by atoms with Crippen LogP contribution in [-0.2, 0) is 9.53 Å². The Hall–Kier alpha value is -0.910. The molecule has 1 aromatic rings. The van der Waals surface area contributed by atoms with Crippen molar-refractivity contribution >= 4 is 27.5 Å². The lowest BCUT2D eigenvalue weighted by Crippen LogP contribution is -2.33. The number of rotatable bonds is 5. The van der Waals surface area contributed by atoms with E-state index in [-0.39, 0.29) is 12.0 Å². The van der Waals surface area contributed by atoms with Crippen LogP contribution in [0.25, 0.3) is 0 Å². The number of ether oxygens (including phenoxy) is 1. The maximum Gasteiger partial charge on any atom is 0.238 e. The van der Waals surface area contributed by atoms with E-state index in [1.165, 1.54) is 0 Å². The monoisotopic (exact) mass is 326 g/mol. The second kappa shape index (κ2) is 7.03. The summed E-state index contributed by atoms with van der Waals surface area (Å²) in [7, 11) is 0. The summed E-state index contributed by atoms with van der Waals surface area (Å²) in [6.07, 6.45) is 2.47. The standard InChI is InChI=1S/C14H19BrN2O2/c1-10-7-11(4-5-13(10)15)17-14(18)9-16-8-12-3-2-6-19-12/h4-5,7,12,16H,2-3,6,8-9H2,1H3,(H,17,18). The molecule has 2 N–H and O–H groups in total. The number of hydrogen-bond acceptors (Lipinski definition) is 3. The number of nitrogens with one attached hydrogen (secondary N) is 2. The summed E-state index contributed by atoms with van der Waals surface area (Å²) in [6, 6.07) is 5.77. The molecule has 1 aliphatic rings. The van der Waals surface area contributed by atoms with Gasteiger partial charge in [0, 0.05) is 23.3 Å². The predicted octanol–water partition coefficient (Wildman–Crippen LogP) is 2.46. The minimum absolute atomic E-state index is 0.0280. The van der Waals surface area contributed by atoms with Gasteiger partial charge in [0.05, 0.1) is 12.6 Å². The van der Waals surface area contributed by atoms with Gasteiger partial charge in [-0.25, -0.2) is 0 Å². The fraction of sp³-hybridized carbons (Fsp3) is 0.500. The highest BCUT2D eigenvalue weighted by Crippen LogP contribution is 2.19. The van der Waals surface area contributed by atoms with Gasteiger partial charge in [-0.2, -0.15) is 0 Å². The maximum atomic E-state index is 11.8. The summed E-state index contributed by atoms with van der Waals surface area (Å²) in [5.41, 5.74) is 1.93. The molecule has 1 saturated heterocycles. The summed E-state index contributed by atoms with van der Waals surface area (Å²) >= 11 is 3.44. The van der Waals surface area contributed by atoms with Crippen LogP contribution in [-0.4, -0.2) is 31.7 Å². The fourth-order valence-corrected chi connectivity index (χ4v) is 2.33. The van der Waals surface area contributed by atoms with Crippen molar-refractivity contribution in [3.8, 4) is 0 Å². The SMILES string of the molecule is Cc1cc(NC(=O)CNCC2CCCO2)ccc1Br. The molecule has 0 radical (unpaired) electrons. The van der Waals surface area contributed by atoms with Crippen molar-refractivity contribution in [2.75, 3.05) is 25.0 Å². The van der Waals surface area contributed by atoms with Crippen molar-refractivity contribution in [1.82, 2.24) is 5.32 Å². The molecule has 19 heavy (non-hydrogen) atoms. The van der Waals surface area contributed by atoms with Crippen LogP contribution in [0, 0.1) is 6.92 Å². The van der Waals surface area contributed by atoms with Crippen molar-refractivity contribution in [3.63, 3.8) is 0 Å². The lowest BCUT2D eigenvalue weighted by atomic mass is 10.2. The molecule has 1 aromatic carbocycles. The third-order valence-electron chi connectivity index (χ3n) is 3.12. The van der Waals surface area contributed by atoms with E-state index in [4.69, 9.17) is 4.74 Å². The normalized spacial score (nSPS) is 18.5. The highest BCUT2D eigenvalue weighted by atomic mass is 79.9. The van der Waals surface area contributed by atoms with Crippen molar-refractivity contribution < 1.29 is 9.53 Å². The van der Waals surface area contributed by atoms with Gasteiger partial charge >= 0.3 is 0 Å². The first-order chi connectivity index (χ1) is 9.15. The van der Waals surface area contributed by atoms with Crippen LogP contribution in [0.2, 0.25) is 0 Å². The third kappa shape index (κ3) is 4.60. The van der Waals surface area contributed by atoms with E-state index in [0.717, 1.165) is 41.7 Å². The molecule has 0 saturated carbocycles. The zero-order chi connectivity index (χ0) is 13.7. The lowest BCUT2D eigenvalue weighted by molar-refractivity contribution is -0.115. The molecule has 2 rings (SSSR count). The Kier molecular flexibility index (Phi) is 5.36. The van der Waals surface area contributed by atoms with Crippen molar-refractivity contribution in [3.05, 3.63) is 28.2 Å². The van der Waals surface area contributed by atoms with Gasteiger partial charge in [0.15, 0.2) is 0 Å². The molecular formula is C14H19BrN2O2. The molecule has 1 aliphatic heterocycles. The van der Waals surface area contributed by atoms with E-state index in [9.17, 15) is 4.79 Å². The second-order valence-corrected chi connectivity index (χ2v) is 5.63. The number of halogens is 1. The number of aryl methyl sites for hydroxylation is 1. The summed E-state index contributed by atoms with van der Waals surface area (Å²) in [5.74, 6) is -0.0280. The molecule has 5 heteroatoms. The molecule has 0 bridgehead atoms. The lowest BCUT2D eigenvalue weighted by Gasteiger charge is -2.11. The van der Waals surface area contributed by atoms with Gasteiger partial charge in [-0.15, -0.1) is 0 Å².